The number of carbonyl (C=O) groups excluding carboxylic acids is 1. The average molecular weight is 229 g/mol. The Labute approximate surface area is 99.1 Å². The number of hydrogen-bond donors (Lipinski definition) is 1. The van der Waals surface area contributed by atoms with Crippen LogP contribution in [-0.4, -0.2) is 28.1 Å². The number of amides is 1. The normalized spacial score (nSPS) is 13.8. The fourth-order valence-corrected chi connectivity index (χ4v) is 1.41. The fraction of sp³-hybridized carbons (Fsp3) is 0.750. The molecule has 0 spiro atoms. The molecule has 0 aromatic rings. The lowest BCUT2D eigenvalue weighted by Crippen LogP contribution is -2.49. The second-order valence-electron chi connectivity index (χ2n) is 5.10. The van der Waals surface area contributed by atoms with Gasteiger partial charge in [-0.15, -0.1) is 6.58 Å². The molecule has 3 heteroatoms. The van der Waals surface area contributed by atoms with Crippen molar-refractivity contribution in [2.75, 3.05) is 6.54 Å². The molecule has 0 aliphatic rings. The second kappa shape index (κ2) is 5.59. The largest absolute Gasteiger partial charge is 0.333 e. The van der Waals surface area contributed by atoms with Gasteiger partial charge in [0, 0.05) is 12.1 Å². The third-order valence-corrected chi connectivity index (χ3v) is 3.09. The van der Waals surface area contributed by atoms with Gasteiger partial charge in [-0.1, -0.05) is 19.9 Å². The smallest absolute Gasteiger partial charge is 0.236 e. The Hall–Kier alpha value is -0.440. The number of thiol groups is 1. The Kier molecular flexibility index (Phi) is 5.43. The monoisotopic (exact) mass is 229 g/mol. The SMILES string of the molecule is C=CCN(C(=O)C(S)C(C)C)C(C)(C)C. The van der Waals surface area contributed by atoms with Crippen LogP contribution in [0.3, 0.4) is 0 Å². The minimum absolute atomic E-state index is 0.0840. The first-order valence-corrected chi connectivity index (χ1v) is 5.84. The molecule has 0 N–H and O–H groups in total. The van der Waals surface area contributed by atoms with E-state index < -0.39 is 0 Å². The van der Waals surface area contributed by atoms with Crippen molar-refractivity contribution in [3.63, 3.8) is 0 Å². The Bertz CT molecular complexity index is 230. The molecule has 0 aromatic heterocycles. The Morgan fingerprint density at radius 2 is 1.93 bits per heavy atom. The molecule has 0 fully saturated rings. The van der Waals surface area contributed by atoms with E-state index in [2.05, 4.69) is 19.2 Å². The number of rotatable bonds is 4. The summed E-state index contributed by atoms with van der Waals surface area (Å²) in [5.41, 5.74) is -0.179. The molecule has 0 aliphatic carbocycles. The average Bonchev–Trinajstić information content (AvgIpc) is 2.09. The summed E-state index contributed by atoms with van der Waals surface area (Å²) in [6.45, 7) is 14.3. The molecule has 15 heavy (non-hydrogen) atoms. The highest BCUT2D eigenvalue weighted by molar-refractivity contribution is 7.81. The summed E-state index contributed by atoms with van der Waals surface area (Å²) in [6, 6.07) is 0. The lowest BCUT2D eigenvalue weighted by molar-refractivity contribution is -0.135. The third-order valence-electron chi connectivity index (χ3n) is 2.27. The Morgan fingerprint density at radius 3 is 2.20 bits per heavy atom. The molecular weight excluding hydrogens is 206 g/mol. The van der Waals surface area contributed by atoms with E-state index in [1.165, 1.54) is 0 Å². The van der Waals surface area contributed by atoms with Crippen molar-refractivity contribution in [3.05, 3.63) is 12.7 Å². The second-order valence-corrected chi connectivity index (χ2v) is 5.65. The zero-order chi connectivity index (χ0) is 12.2. The van der Waals surface area contributed by atoms with Gasteiger partial charge in [-0.3, -0.25) is 4.79 Å². The van der Waals surface area contributed by atoms with Crippen molar-refractivity contribution >= 4 is 18.5 Å². The van der Waals surface area contributed by atoms with Crippen LogP contribution in [0.5, 0.6) is 0 Å². The number of hydrogen-bond acceptors (Lipinski definition) is 2. The van der Waals surface area contributed by atoms with E-state index in [1.807, 2.05) is 39.5 Å². The summed E-state index contributed by atoms with van der Waals surface area (Å²) in [6.07, 6.45) is 1.75. The first-order chi connectivity index (χ1) is 6.71. The summed E-state index contributed by atoms with van der Waals surface area (Å²) < 4.78 is 0. The minimum atomic E-state index is -0.232. The molecule has 88 valence electrons. The highest BCUT2D eigenvalue weighted by Crippen LogP contribution is 2.19. The maximum Gasteiger partial charge on any atom is 0.236 e. The standard InChI is InChI=1S/C12H23NOS/c1-7-8-13(12(4,5)6)11(14)10(15)9(2)3/h7,9-10,15H,1,8H2,2-6H3. The van der Waals surface area contributed by atoms with Gasteiger partial charge >= 0.3 is 0 Å². The van der Waals surface area contributed by atoms with E-state index >= 15 is 0 Å². The van der Waals surface area contributed by atoms with Crippen molar-refractivity contribution < 1.29 is 4.79 Å². The van der Waals surface area contributed by atoms with E-state index in [9.17, 15) is 4.79 Å². The van der Waals surface area contributed by atoms with Gasteiger partial charge in [-0.2, -0.15) is 12.6 Å². The van der Waals surface area contributed by atoms with Crippen LogP contribution in [-0.2, 0) is 4.79 Å². The van der Waals surface area contributed by atoms with E-state index in [1.54, 1.807) is 6.08 Å². The molecule has 0 heterocycles. The molecule has 2 nitrogen and oxygen atoms in total. The molecule has 0 radical (unpaired) electrons. The van der Waals surface area contributed by atoms with Crippen molar-refractivity contribution in [1.29, 1.82) is 0 Å². The van der Waals surface area contributed by atoms with Crippen LogP contribution in [0.2, 0.25) is 0 Å². The molecule has 1 amide bonds. The van der Waals surface area contributed by atoms with E-state index in [0.29, 0.717) is 6.54 Å². The minimum Gasteiger partial charge on any atom is -0.333 e. The molecule has 0 aliphatic heterocycles. The summed E-state index contributed by atoms with van der Waals surface area (Å²) in [4.78, 5) is 13.9. The Balaban J connectivity index is 4.78. The Morgan fingerprint density at radius 1 is 1.47 bits per heavy atom. The van der Waals surface area contributed by atoms with E-state index in [0.717, 1.165) is 0 Å². The summed E-state index contributed by atoms with van der Waals surface area (Å²) in [7, 11) is 0. The van der Waals surface area contributed by atoms with Gasteiger partial charge in [0.05, 0.1) is 5.25 Å². The van der Waals surface area contributed by atoms with E-state index in [-0.39, 0.29) is 22.6 Å². The van der Waals surface area contributed by atoms with Crippen LogP contribution >= 0.6 is 12.6 Å². The molecule has 1 atom stereocenters. The van der Waals surface area contributed by atoms with Crippen molar-refractivity contribution in [3.8, 4) is 0 Å². The number of nitrogens with zero attached hydrogens (tertiary/aromatic N) is 1. The molecule has 0 saturated carbocycles. The molecule has 1 unspecified atom stereocenters. The van der Waals surface area contributed by atoms with Crippen LogP contribution in [0, 0.1) is 5.92 Å². The predicted molar refractivity (Wildman–Crippen MR) is 69.3 cm³/mol. The lowest BCUT2D eigenvalue weighted by Gasteiger charge is -2.37. The van der Waals surface area contributed by atoms with Crippen molar-refractivity contribution in [2.24, 2.45) is 5.92 Å². The topological polar surface area (TPSA) is 20.3 Å². The lowest BCUT2D eigenvalue weighted by atomic mass is 10.0. The zero-order valence-corrected chi connectivity index (χ0v) is 11.3. The summed E-state index contributed by atoms with van der Waals surface area (Å²) in [5.74, 6) is 0.330. The van der Waals surface area contributed by atoms with Gasteiger partial charge in [0.1, 0.15) is 0 Å². The van der Waals surface area contributed by atoms with Gasteiger partial charge in [0.15, 0.2) is 0 Å². The molecule has 0 bridgehead atoms. The number of carbonyl (C=O) groups is 1. The fourth-order valence-electron chi connectivity index (χ4n) is 1.27. The quantitative estimate of drug-likeness (QED) is 0.580. The van der Waals surface area contributed by atoms with Gasteiger partial charge in [0.25, 0.3) is 0 Å². The van der Waals surface area contributed by atoms with Crippen LogP contribution in [0.4, 0.5) is 0 Å². The van der Waals surface area contributed by atoms with Gasteiger partial charge in [-0.25, -0.2) is 0 Å². The first kappa shape index (κ1) is 14.6. The molecule has 0 aromatic carbocycles. The van der Waals surface area contributed by atoms with Crippen LogP contribution in [0.1, 0.15) is 34.6 Å². The molecular formula is C12H23NOS. The van der Waals surface area contributed by atoms with Crippen LogP contribution < -0.4 is 0 Å². The van der Waals surface area contributed by atoms with Gasteiger partial charge in [0.2, 0.25) is 5.91 Å². The predicted octanol–water partition coefficient (Wildman–Crippen LogP) is 2.75. The van der Waals surface area contributed by atoms with Gasteiger partial charge < -0.3 is 4.90 Å². The first-order valence-electron chi connectivity index (χ1n) is 5.32. The molecule has 0 rings (SSSR count). The summed E-state index contributed by atoms with van der Waals surface area (Å²) in [5, 5.41) is -0.232. The maximum atomic E-state index is 12.1. The highest BCUT2D eigenvalue weighted by atomic mass is 32.1. The third kappa shape index (κ3) is 4.29. The van der Waals surface area contributed by atoms with Gasteiger partial charge in [-0.05, 0) is 26.7 Å². The van der Waals surface area contributed by atoms with Crippen molar-refractivity contribution in [2.45, 2.75) is 45.4 Å². The highest BCUT2D eigenvalue weighted by Gasteiger charge is 2.30. The van der Waals surface area contributed by atoms with E-state index in [4.69, 9.17) is 0 Å². The zero-order valence-electron chi connectivity index (χ0n) is 10.4. The summed E-state index contributed by atoms with van der Waals surface area (Å²) >= 11 is 4.36. The van der Waals surface area contributed by atoms with Crippen LogP contribution in [0.25, 0.3) is 0 Å². The maximum absolute atomic E-state index is 12.1. The van der Waals surface area contributed by atoms with Crippen LogP contribution in [0.15, 0.2) is 12.7 Å². The molecule has 0 saturated heterocycles. The van der Waals surface area contributed by atoms with Crippen molar-refractivity contribution in [1.82, 2.24) is 4.90 Å².